The average molecular weight is 386 g/mol. The van der Waals surface area contributed by atoms with Gasteiger partial charge in [0.25, 0.3) is 11.5 Å². The lowest BCUT2D eigenvalue weighted by atomic mass is 10.1. The summed E-state index contributed by atoms with van der Waals surface area (Å²) in [6.07, 6.45) is -0.697. The molecule has 0 aliphatic carbocycles. The molecule has 0 aliphatic heterocycles. The minimum atomic E-state index is -1.36. The van der Waals surface area contributed by atoms with Crippen molar-refractivity contribution in [3.05, 3.63) is 64.1 Å². The highest BCUT2D eigenvalue weighted by molar-refractivity contribution is 5.98. The Labute approximate surface area is 161 Å². The molecule has 0 aliphatic rings. The van der Waals surface area contributed by atoms with E-state index in [1.165, 1.54) is 12.1 Å². The number of ether oxygens (including phenoxy) is 1. The number of carbonyl (C=O) groups is 3. The van der Waals surface area contributed by atoms with Crippen LogP contribution < -0.4 is 16.2 Å². The van der Waals surface area contributed by atoms with Crippen LogP contribution in [0.3, 0.4) is 0 Å². The molecule has 2 N–H and O–H groups in total. The number of nitrogens with zero attached hydrogens (tertiary/aromatic N) is 2. The minimum absolute atomic E-state index is 0.111. The number of imide groups is 1. The second-order valence-corrected chi connectivity index (χ2v) is 5.82. The van der Waals surface area contributed by atoms with Gasteiger partial charge in [0.15, 0.2) is 5.69 Å². The predicted molar refractivity (Wildman–Crippen MR) is 101 cm³/mol. The summed E-state index contributed by atoms with van der Waals surface area (Å²) in [4.78, 5) is 48.4. The van der Waals surface area contributed by atoms with Crippen molar-refractivity contribution in [3.8, 4) is 0 Å². The molecule has 1 atom stereocenters. The molecule has 0 saturated heterocycles. The summed E-state index contributed by atoms with van der Waals surface area (Å²) in [5, 5.41) is 8.55. The van der Waals surface area contributed by atoms with Crippen molar-refractivity contribution in [2.75, 3.05) is 6.54 Å². The first-order valence-electron chi connectivity index (χ1n) is 8.89. The lowest BCUT2D eigenvalue weighted by molar-refractivity contribution is -0.129. The molecule has 1 aromatic heterocycles. The van der Waals surface area contributed by atoms with E-state index in [0.29, 0.717) is 25.1 Å². The number of aryl methyl sites for hydroxylation is 1. The number of hydrogen-bond donors (Lipinski definition) is 2. The minimum Gasteiger partial charge on any atom is -0.442 e. The van der Waals surface area contributed by atoms with Gasteiger partial charge < -0.3 is 10.1 Å². The van der Waals surface area contributed by atoms with Crippen molar-refractivity contribution in [2.24, 2.45) is 0 Å². The van der Waals surface area contributed by atoms with Crippen LogP contribution in [0.5, 0.6) is 0 Å². The van der Waals surface area contributed by atoms with E-state index in [1.54, 1.807) is 37.3 Å². The first-order valence-corrected chi connectivity index (χ1v) is 8.89. The molecule has 1 aromatic carbocycles. The molecule has 3 amide bonds. The summed E-state index contributed by atoms with van der Waals surface area (Å²) in [7, 11) is 0. The monoisotopic (exact) mass is 386 g/mol. The molecule has 28 heavy (non-hydrogen) atoms. The maximum Gasteiger partial charge on any atom is 0.359 e. The number of amides is 3. The highest BCUT2D eigenvalue weighted by Gasteiger charge is 2.27. The third kappa shape index (κ3) is 5.50. The molecule has 0 fully saturated rings. The SMILES string of the molecule is CCCn1nc(C(=O)OC(C(=O)NC(=O)NCC)c2ccccc2)ccc1=O. The Bertz CT molecular complexity index is 895. The Morgan fingerprint density at radius 3 is 2.46 bits per heavy atom. The van der Waals surface area contributed by atoms with Crippen molar-refractivity contribution in [2.45, 2.75) is 32.9 Å². The van der Waals surface area contributed by atoms with Crippen molar-refractivity contribution in [1.82, 2.24) is 20.4 Å². The summed E-state index contributed by atoms with van der Waals surface area (Å²) < 4.78 is 6.48. The van der Waals surface area contributed by atoms with Crippen LogP contribution in [0.1, 0.15) is 42.4 Å². The number of aromatic nitrogens is 2. The Hall–Kier alpha value is -3.49. The largest absolute Gasteiger partial charge is 0.442 e. The molecule has 2 rings (SSSR count). The van der Waals surface area contributed by atoms with Crippen LogP contribution in [-0.2, 0) is 16.1 Å². The van der Waals surface area contributed by atoms with Gasteiger partial charge in [-0.05, 0) is 19.4 Å². The number of esters is 1. The second kappa shape index (κ2) is 10.0. The van der Waals surface area contributed by atoms with Crippen LogP contribution in [-0.4, -0.2) is 34.2 Å². The molecule has 1 heterocycles. The number of nitrogens with one attached hydrogen (secondary N) is 2. The van der Waals surface area contributed by atoms with E-state index in [-0.39, 0.29) is 11.3 Å². The van der Waals surface area contributed by atoms with E-state index in [4.69, 9.17) is 4.74 Å². The van der Waals surface area contributed by atoms with Crippen molar-refractivity contribution < 1.29 is 19.1 Å². The van der Waals surface area contributed by atoms with Crippen molar-refractivity contribution in [1.29, 1.82) is 0 Å². The molecule has 0 bridgehead atoms. The van der Waals surface area contributed by atoms with Crippen LogP contribution in [0.25, 0.3) is 0 Å². The smallest absolute Gasteiger partial charge is 0.359 e. The van der Waals surface area contributed by atoms with Gasteiger partial charge in [0.1, 0.15) is 0 Å². The fourth-order valence-corrected chi connectivity index (χ4v) is 2.38. The molecule has 2 aromatic rings. The van der Waals surface area contributed by atoms with Crippen LogP contribution in [0.2, 0.25) is 0 Å². The van der Waals surface area contributed by atoms with Gasteiger partial charge in [0, 0.05) is 24.7 Å². The van der Waals surface area contributed by atoms with E-state index < -0.39 is 24.0 Å². The summed E-state index contributed by atoms with van der Waals surface area (Å²) >= 11 is 0. The maximum absolute atomic E-state index is 12.5. The zero-order chi connectivity index (χ0) is 20.5. The van der Waals surface area contributed by atoms with E-state index in [9.17, 15) is 19.2 Å². The maximum atomic E-state index is 12.5. The molecule has 9 nitrogen and oxygen atoms in total. The topological polar surface area (TPSA) is 119 Å². The Morgan fingerprint density at radius 1 is 1.11 bits per heavy atom. The normalized spacial score (nSPS) is 11.4. The van der Waals surface area contributed by atoms with E-state index in [2.05, 4.69) is 15.7 Å². The van der Waals surface area contributed by atoms with E-state index in [0.717, 1.165) is 4.68 Å². The van der Waals surface area contributed by atoms with Crippen LogP contribution in [0.4, 0.5) is 4.79 Å². The molecule has 0 saturated carbocycles. The standard InChI is InChI=1S/C19H22N4O5/c1-3-12-23-15(24)11-10-14(22-23)18(26)28-16(13-8-6-5-7-9-13)17(25)21-19(27)20-4-2/h5-11,16H,3-4,12H2,1-2H3,(H2,20,21,25,27). The van der Waals surface area contributed by atoms with Crippen LogP contribution >= 0.6 is 0 Å². The van der Waals surface area contributed by atoms with Gasteiger partial charge in [0.2, 0.25) is 6.10 Å². The molecular weight excluding hydrogens is 364 g/mol. The third-order valence-corrected chi connectivity index (χ3v) is 3.65. The van der Waals surface area contributed by atoms with E-state index >= 15 is 0 Å². The van der Waals surface area contributed by atoms with Crippen LogP contribution in [0.15, 0.2) is 47.3 Å². The molecule has 0 radical (unpaired) electrons. The molecule has 1 unspecified atom stereocenters. The van der Waals surface area contributed by atoms with Gasteiger partial charge in [-0.3, -0.25) is 14.9 Å². The van der Waals surface area contributed by atoms with Gasteiger partial charge in [-0.2, -0.15) is 5.10 Å². The molecular formula is C19H22N4O5. The van der Waals surface area contributed by atoms with Gasteiger partial charge in [-0.25, -0.2) is 14.3 Å². The van der Waals surface area contributed by atoms with Gasteiger partial charge >= 0.3 is 12.0 Å². The number of hydrogen-bond acceptors (Lipinski definition) is 6. The summed E-state index contributed by atoms with van der Waals surface area (Å²) in [5.74, 6) is -1.68. The highest BCUT2D eigenvalue weighted by atomic mass is 16.5. The van der Waals surface area contributed by atoms with Crippen molar-refractivity contribution >= 4 is 17.9 Å². The van der Waals surface area contributed by atoms with E-state index in [1.807, 2.05) is 6.92 Å². The second-order valence-electron chi connectivity index (χ2n) is 5.82. The zero-order valence-corrected chi connectivity index (χ0v) is 15.7. The average Bonchev–Trinajstić information content (AvgIpc) is 2.68. The lowest BCUT2D eigenvalue weighted by Crippen LogP contribution is -2.42. The predicted octanol–water partition coefficient (Wildman–Crippen LogP) is 1.40. The summed E-state index contributed by atoms with van der Waals surface area (Å²) in [6, 6.07) is 10.0. The fraction of sp³-hybridized carbons (Fsp3) is 0.316. The number of benzene rings is 1. The Kier molecular flexibility index (Phi) is 7.44. The quantitative estimate of drug-likeness (QED) is 0.694. The highest BCUT2D eigenvalue weighted by Crippen LogP contribution is 2.19. The summed E-state index contributed by atoms with van der Waals surface area (Å²) in [5.41, 5.74) is -0.0636. The Balaban J connectivity index is 2.26. The van der Waals surface area contributed by atoms with Gasteiger partial charge in [-0.1, -0.05) is 37.3 Å². The number of rotatable bonds is 7. The first kappa shape index (κ1) is 20.8. The fourth-order valence-electron chi connectivity index (χ4n) is 2.38. The third-order valence-electron chi connectivity index (χ3n) is 3.65. The van der Waals surface area contributed by atoms with Crippen LogP contribution in [0, 0.1) is 0 Å². The summed E-state index contributed by atoms with van der Waals surface area (Å²) in [6.45, 7) is 4.25. The van der Waals surface area contributed by atoms with Crippen molar-refractivity contribution in [3.63, 3.8) is 0 Å². The molecule has 9 heteroatoms. The lowest BCUT2D eigenvalue weighted by Gasteiger charge is -2.17. The number of urea groups is 1. The number of carbonyl (C=O) groups excluding carboxylic acids is 3. The molecule has 148 valence electrons. The zero-order valence-electron chi connectivity index (χ0n) is 15.7. The first-order chi connectivity index (χ1) is 13.5. The molecule has 0 spiro atoms. The van der Waals surface area contributed by atoms with Gasteiger partial charge in [0.05, 0.1) is 0 Å². The van der Waals surface area contributed by atoms with Gasteiger partial charge in [-0.15, -0.1) is 0 Å². The Morgan fingerprint density at radius 2 is 1.82 bits per heavy atom.